The van der Waals surface area contributed by atoms with Crippen LogP contribution in [-0.2, 0) is 0 Å². The van der Waals surface area contributed by atoms with Gasteiger partial charge < -0.3 is 11.5 Å². The summed E-state index contributed by atoms with van der Waals surface area (Å²) >= 11 is 0. The van der Waals surface area contributed by atoms with Crippen LogP contribution in [0.2, 0.25) is 0 Å². The minimum absolute atomic E-state index is 0.138. The molecule has 0 fully saturated rings. The lowest BCUT2D eigenvalue weighted by Gasteiger charge is -2.07. The summed E-state index contributed by atoms with van der Waals surface area (Å²) in [5.74, 6) is -1.03. The number of carbonyl (C=O) groups excluding carboxylic acids is 1. The van der Waals surface area contributed by atoms with Crippen LogP contribution in [-0.4, -0.2) is 15.7 Å². The van der Waals surface area contributed by atoms with Crippen LogP contribution in [0.1, 0.15) is 10.5 Å². The summed E-state index contributed by atoms with van der Waals surface area (Å²) < 4.78 is 15.2. The second kappa shape index (κ2) is 5.06. The summed E-state index contributed by atoms with van der Waals surface area (Å²) in [6, 6.07) is 15.1. The number of nitrogen functional groups attached to an aromatic ring is 1. The number of halogens is 1. The van der Waals surface area contributed by atoms with Crippen LogP contribution in [0.25, 0.3) is 27.4 Å². The molecule has 0 aliphatic carbocycles. The lowest BCUT2D eigenvalue weighted by Crippen LogP contribution is -2.12. The van der Waals surface area contributed by atoms with Crippen molar-refractivity contribution in [3.63, 3.8) is 0 Å². The van der Waals surface area contributed by atoms with Crippen molar-refractivity contribution in [2.75, 3.05) is 5.73 Å². The average Bonchev–Trinajstić information content (AvgIpc) is 2.95. The molecule has 4 rings (SSSR count). The number of hydrogen-bond donors (Lipinski definition) is 2. The standard InChI is InChI=1S/C18H13FN4O/c19-11-2-1-3-13(8-11)23-17-14(16(22-23)18(21)24)7-5-10-4-6-12(20)9-15(10)17/h1-9H,20H2,(H2,21,24). The van der Waals surface area contributed by atoms with Crippen LogP contribution < -0.4 is 11.5 Å². The van der Waals surface area contributed by atoms with Crippen molar-refractivity contribution in [3.8, 4) is 5.69 Å². The minimum Gasteiger partial charge on any atom is -0.399 e. The highest BCUT2D eigenvalue weighted by Gasteiger charge is 2.18. The summed E-state index contributed by atoms with van der Waals surface area (Å²) in [6.45, 7) is 0. The zero-order chi connectivity index (χ0) is 16.8. The third kappa shape index (κ3) is 2.08. The number of primary amides is 1. The molecule has 4 N–H and O–H groups in total. The molecule has 3 aromatic carbocycles. The molecule has 0 aliphatic rings. The van der Waals surface area contributed by atoms with Gasteiger partial charge in [-0.05, 0) is 41.8 Å². The smallest absolute Gasteiger partial charge is 0.269 e. The third-order valence-corrected chi connectivity index (χ3v) is 3.97. The number of fused-ring (bicyclic) bond motifs is 3. The fourth-order valence-corrected chi connectivity index (χ4v) is 2.92. The third-order valence-electron chi connectivity index (χ3n) is 3.97. The largest absolute Gasteiger partial charge is 0.399 e. The number of nitrogens with two attached hydrogens (primary N) is 2. The number of anilines is 1. The van der Waals surface area contributed by atoms with Gasteiger partial charge in [0.2, 0.25) is 0 Å². The van der Waals surface area contributed by atoms with Gasteiger partial charge in [-0.2, -0.15) is 5.10 Å². The van der Waals surface area contributed by atoms with Crippen molar-refractivity contribution in [1.82, 2.24) is 9.78 Å². The Hall–Kier alpha value is -3.41. The van der Waals surface area contributed by atoms with E-state index in [-0.39, 0.29) is 5.69 Å². The molecular weight excluding hydrogens is 307 g/mol. The number of aromatic nitrogens is 2. The van der Waals surface area contributed by atoms with Gasteiger partial charge >= 0.3 is 0 Å². The Morgan fingerprint density at radius 2 is 1.83 bits per heavy atom. The highest BCUT2D eigenvalue weighted by molar-refractivity contribution is 6.13. The molecule has 1 aromatic heterocycles. The second-order valence-electron chi connectivity index (χ2n) is 5.55. The molecule has 0 bridgehead atoms. The Balaban J connectivity index is 2.19. The number of amides is 1. The fourth-order valence-electron chi connectivity index (χ4n) is 2.92. The summed E-state index contributed by atoms with van der Waals surface area (Å²) in [7, 11) is 0. The predicted molar refractivity (Wildman–Crippen MR) is 91.5 cm³/mol. The van der Waals surface area contributed by atoms with E-state index in [0.29, 0.717) is 22.3 Å². The van der Waals surface area contributed by atoms with Crippen molar-refractivity contribution in [2.45, 2.75) is 0 Å². The summed E-state index contributed by atoms with van der Waals surface area (Å²) in [4.78, 5) is 11.8. The number of carbonyl (C=O) groups is 1. The molecule has 24 heavy (non-hydrogen) atoms. The monoisotopic (exact) mass is 320 g/mol. The van der Waals surface area contributed by atoms with E-state index >= 15 is 0 Å². The van der Waals surface area contributed by atoms with Crippen molar-refractivity contribution >= 4 is 33.3 Å². The zero-order valence-corrected chi connectivity index (χ0v) is 12.5. The first-order valence-corrected chi connectivity index (χ1v) is 7.31. The molecule has 0 aliphatic heterocycles. The van der Waals surface area contributed by atoms with Crippen LogP contribution in [0.4, 0.5) is 10.1 Å². The molecule has 0 atom stereocenters. The van der Waals surface area contributed by atoms with Crippen LogP contribution in [0.15, 0.2) is 54.6 Å². The van der Waals surface area contributed by atoms with E-state index in [1.807, 2.05) is 12.1 Å². The Morgan fingerprint density at radius 1 is 1.04 bits per heavy atom. The zero-order valence-electron chi connectivity index (χ0n) is 12.5. The predicted octanol–water partition coefficient (Wildman–Crippen LogP) is 3.00. The molecule has 0 radical (unpaired) electrons. The van der Waals surface area contributed by atoms with E-state index in [1.54, 1.807) is 30.3 Å². The van der Waals surface area contributed by atoms with Crippen LogP contribution in [0.5, 0.6) is 0 Å². The maximum Gasteiger partial charge on any atom is 0.269 e. The summed E-state index contributed by atoms with van der Waals surface area (Å²) in [5.41, 5.74) is 13.3. The first-order valence-electron chi connectivity index (χ1n) is 7.31. The lowest BCUT2D eigenvalue weighted by molar-refractivity contribution is 0.0996. The van der Waals surface area contributed by atoms with Crippen molar-refractivity contribution in [1.29, 1.82) is 0 Å². The topological polar surface area (TPSA) is 86.9 Å². The molecule has 1 heterocycles. The number of hydrogen-bond acceptors (Lipinski definition) is 3. The highest BCUT2D eigenvalue weighted by atomic mass is 19.1. The molecule has 4 aromatic rings. The Kier molecular flexibility index (Phi) is 2.99. The number of benzene rings is 3. The van der Waals surface area contributed by atoms with Crippen LogP contribution in [0, 0.1) is 5.82 Å². The first-order chi connectivity index (χ1) is 11.5. The van der Waals surface area contributed by atoms with Crippen LogP contribution >= 0.6 is 0 Å². The van der Waals surface area contributed by atoms with Gasteiger partial charge in [-0.3, -0.25) is 4.79 Å². The quantitative estimate of drug-likeness (QED) is 0.557. The molecule has 1 amide bonds. The van der Waals surface area contributed by atoms with E-state index in [9.17, 15) is 9.18 Å². The van der Waals surface area contributed by atoms with Gasteiger partial charge in [0.15, 0.2) is 5.69 Å². The number of rotatable bonds is 2. The van der Waals surface area contributed by atoms with Gasteiger partial charge in [0.25, 0.3) is 5.91 Å². The Morgan fingerprint density at radius 3 is 2.58 bits per heavy atom. The van der Waals surface area contributed by atoms with E-state index in [0.717, 1.165) is 10.8 Å². The van der Waals surface area contributed by atoms with Crippen molar-refractivity contribution in [3.05, 3.63) is 66.1 Å². The Bertz CT molecular complexity index is 1120. The minimum atomic E-state index is -0.640. The fraction of sp³-hybridized carbons (Fsp3) is 0. The molecule has 0 spiro atoms. The van der Waals surface area contributed by atoms with Gasteiger partial charge in [0.1, 0.15) is 5.82 Å². The van der Waals surface area contributed by atoms with Gasteiger partial charge in [-0.1, -0.05) is 18.2 Å². The normalized spacial score (nSPS) is 11.2. The molecule has 0 saturated carbocycles. The van der Waals surface area contributed by atoms with E-state index in [2.05, 4.69) is 5.10 Å². The molecular formula is C18H13FN4O. The van der Waals surface area contributed by atoms with Crippen molar-refractivity contribution in [2.24, 2.45) is 5.73 Å². The SMILES string of the molecule is NC(=O)c1nn(-c2cccc(F)c2)c2c1ccc1ccc(N)cc12. The number of nitrogens with zero attached hydrogens (tertiary/aromatic N) is 2. The lowest BCUT2D eigenvalue weighted by atomic mass is 10.0. The summed E-state index contributed by atoms with van der Waals surface area (Å²) in [6.07, 6.45) is 0. The van der Waals surface area contributed by atoms with Crippen molar-refractivity contribution < 1.29 is 9.18 Å². The molecule has 118 valence electrons. The summed E-state index contributed by atoms with van der Waals surface area (Å²) in [5, 5.41) is 6.67. The van der Waals surface area contributed by atoms with E-state index in [4.69, 9.17) is 11.5 Å². The highest BCUT2D eigenvalue weighted by Crippen LogP contribution is 2.31. The maximum atomic E-state index is 13.6. The molecule has 6 heteroatoms. The molecule has 0 saturated heterocycles. The average molecular weight is 320 g/mol. The van der Waals surface area contributed by atoms with Gasteiger partial charge in [-0.25, -0.2) is 9.07 Å². The molecule has 0 unspecified atom stereocenters. The van der Waals surface area contributed by atoms with Gasteiger partial charge in [-0.15, -0.1) is 0 Å². The van der Waals surface area contributed by atoms with Gasteiger partial charge in [0, 0.05) is 16.5 Å². The van der Waals surface area contributed by atoms with Gasteiger partial charge in [0.05, 0.1) is 11.2 Å². The molecule has 5 nitrogen and oxygen atoms in total. The maximum absolute atomic E-state index is 13.6. The van der Waals surface area contributed by atoms with Crippen LogP contribution in [0.3, 0.4) is 0 Å². The second-order valence-corrected chi connectivity index (χ2v) is 5.55. The Labute approximate surface area is 136 Å². The van der Waals surface area contributed by atoms with E-state index in [1.165, 1.54) is 16.8 Å². The first kappa shape index (κ1) is 14.2. The van der Waals surface area contributed by atoms with E-state index < -0.39 is 11.7 Å².